The van der Waals surface area contributed by atoms with Gasteiger partial charge in [-0.05, 0) is 44.4 Å². The molecule has 10 nitrogen and oxygen atoms in total. The third kappa shape index (κ3) is 7.00. The Morgan fingerprint density at radius 1 is 1.07 bits per heavy atom. The van der Waals surface area contributed by atoms with Crippen molar-refractivity contribution in [3.8, 4) is 22.9 Å². The van der Waals surface area contributed by atoms with Gasteiger partial charge in [0.2, 0.25) is 11.8 Å². The first-order valence-corrected chi connectivity index (χ1v) is 16.7. The molecule has 0 spiro atoms. The summed E-state index contributed by atoms with van der Waals surface area (Å²) in [5.74, 6) is 1.15. The van der Waals surface area contributed by atoms with Gasteiger partial charge in [-0.25, -0.2) is 18.1 Å². The number of aryl methyl sites for hydroxylation is 1. The van der Waals surface area contributed by atoms with E-state index >= 15 is 0 Å². The minimum absolute atomic E-state index is 0.00917. The molecule has 44 heavy (non-hydrogen) atoms. The highest BCUT2D eigenvalue weighted by atomic mass is 35.5. The smallest absolute Gasteiger partial charge is 0.267 e. The second-order valence-electron chi connectivity index (χ2n) is 11.7. The van der Waals surface area contributed by atoms with Crippen LogP contribution in [-0.4, -0.2) is 66.3 Å². The van der Waals surface area contributed by atoms with Gasteiger partial charge in [0.05, 0.1) is 11.9 Å². The van der Waals surface area contributed by atoms with Crippen molar-refractivity contribution in [1.29, 1.82) is 0 Å². The van der Waals surface area contributed by atoms with Crippen LogP contribution in [0.3, 0.4) is 0 Å². The highest BCUT2D eigenvalue weighted by molar-refractivity contribution is 7.92. The number of ether oxygens (including phenoxy) is 1. The van der Waals surface area contributed by atoms with Gasteiger partial charge in [-0.2, -0.15) is 10.1 Å². The highest BCUT2D eigenvalue weighted by Gasteiger charge is 2.25. The van der Waals surface area contributed by atoms with E-state index < -0.39 is 10.0 Å². The Bertz CT molecular complexity index is 1750. The van der Waals surface area contributed by atoms with Gasteiger partial charge in [-0.15, -0.1) is 0 Å². The summed E-state index contributed by atoms with van der Waals surface area (Å²) in [5, 5.41) is 4.60. The lowest BCUT2D eigenvalue weighted by atomic mass is 9.94. The summed E-state index contributed by atoms with van der Waals surface area (Å²) < 4.78 is 37.2. The summed E-state index contributed by atoms with van der Waals surface area (Å²) in [4.78, 5) is 14.0. The Morgan fingerprint density at radius 2 is 1.80 bits per heavy atom. The number of hydrogen-bond acceptors (Lipinski definition) is 8. The zero-order chi connectivity index (χ0) is 31.6. The number of likely N-dealkylation sites (N-methyl/N-ethyl adjacent to an activating group) is 1. The standard InChI is InChI=1S/C32H40ClN7O3S/c1-7-26-30(27-11-9-8-10-23(27)16-21(2)3)35-32(37-44(41,42)25-19-34-39(6)20-25)36-31(26)43-29-18-24(17-28(33)22(29)4)40-14-12-38(5)13-15-40/h8-11,17-21H,7,12-16H2,1-6H3,(H,35,36,37). The van der Waals surface area contributed by atoms with Crippen molar-refractivity contribution in [3.63, 3.8) is 0 Å². The first-order valence-electron chi connectivity index (χ1n) is 14.9. The summed E-state index contributed by atoms with van der Waals surface area (Å²) in [6.07, 6.45) is 4.10. The molecule has 1 N–H and O–H groups in total. The molecule has 1 fully saturated rings. The minimum atomic E-state index is -4.02. The largest absolute Gasteiger partial charge is 0.438 e. The van der Waals surface area contributed by atoms with Gasteiger partial charge in [-0.1, -0.05) is 56.6 Å². The number of hydrogen-bond donors (Lipinski definition) is 1. The fraction of sp³-hybridized carbons (Fsp3) is 0.406. The van der Waals surface area contributed by atoms with E-state index in [1.807, 2.05) is 44.2 Å². The Hall–Kier alpha value is -3.67. The molecule has 0 amide bonds. The SMILES string of the molecule is CCc1c(Oc2cc(N3CCN(C)CC3)cc(Cl)c2C)nc(NS(=O)(=O)c2cnn(C)c2)nc1-c1ccccc1CC(C)C. The van der Waals surface area contributed by atoms with E-state index in [2.05, 4.69) is 51.6 Å². The van der Waals surface area contributed by atoms with E-state index in [-0.39, 0.29) is 16.7 Å². The normalized spacial score (nSPS) is 14.3. The molecule has 2 aromatic carbocycles. The maximum atomic E-state index is 13.3. The van der Waals surface area contributed by atoms with Gasteiger partial charge in [0.1, 0.15) is 10.6 Å². The molecule has 0 radical (unpaired) electrons. The zero-order valence-electron chi connectivity index (χ0n) is 26.1. The van der Waals surface area contributed by atoms with E-state index in [9.17, 15) is 8.42 Å². The van der Waals surface area contributed by atoms with Gasteiger partial charge >= 0.3 is 0 Å². The second-order valence-corrected chi connectivity index (χ2v) is 13.8. The van der Waals surface area contributed by atoms with E-state index in [0.29, 0.717) is 28.8 Å². The van der Waals surface area contributed by atoms with Crippen LogP contribution in [0.1, 0.15) is 37.5 Å². The molecule has 3 heterocycles. The van der Waals surface area contributed by atoms with Gasteiger partial charge < -0.3 is 14.5 Å². The number of rotatable bonds is 10. The molecule has 0 bridgehead atoms. The van der Waals surface area contributed by atoms with Crippen molar-refractivity contribution >= 4 is 33.3 Å². The Labute approximate surface area is 265 Å². The van der Waals surface area contributed by atoms with Gasteiger partial charge in [0, 0.05) is 72.9 Å². The number of aromatic nitrogens is 4. The number of sulfonamides is 1. The van der Waals surface area contributed by atoms with Crippen LogP contribution in [0.5, 0.6) is 11.6 Å². The predicted octanol–water partition coefficient (Wildman–Crippen LogP) is 5.94. The van der Waals surface area contributed by atoms with Crippen molar-refractivity contribution in [2.75, 3.05) is 42.8 Å². The minimum Gasteiger partial charge on any atom is -0.438 e. The molecule has 0 atom stereocenters. The second kappa shape index (κ2) is 13.1. The molecule has 12 heteroatoms. The van der Waals surface area contributed by atoms with Crippen LogP contribution in [0, 0.1) is 12.8 Å². The molecule has 5 rings (SSSR count). The molecule has 234 valence electrons. The molecule has 4 aromatic rings. The molecule has 2 aromatic heterocycles. The summed E-state index contributed by atoms with van der Waals surface area (Å²) in [5.41, 5.74) is 5.15. The first kappa shape index (κ1) is 31.7. The molecule has 0 aliphatic carbocycles. The number of benzene rings is 2. The number of nitrogens with one attached hydrogen (secondary N) is 1. The summed E-state index contributed by atoms with van der Waals surface area (Å²) in [6, 6.07) is 12.0. The van der Waals surface area contributed by atoms with E-state index in [1.165, 1.54) is 17.1 Å². The van der Waals surface area contributed by atoms with E-state index in [1.54, 1.807) is 7.05 Å². The number of halogens is 1. The predicted molar refractivity (Wildman–Crippen MR) is 175 cm³/mol. The first-order chi connectivity index (χ1) is 20.9. The monoisotopic (exact) mass is 637 g/mol. The maximum Gasteiger partial charge on any atom is 0.267 e. The fourth-order valence-corrected chi connectivity index (χ4v) is 6.45. The zero-order valence-corrected chi connectivity index (χ0v) is 27.7. The van der Waals surface area contributed by atoms with Crippen LogP contribution in [-0.2, 0) is 29.9 Å². The van der Waals surface area contributed by atoms with Crippen LogP contribution >= 0.6 is 11.6 Å². The van der Waals surface area contributed by atoms with Crippen LogP contribution < -0.4 is 14.4 Å². The molecule has 0 unspecified atom stereocenters. The lowest BCUT2D eigenvalue weighted by Crippen LogP contribution is -2.44. The van der Waals surface area contributed by atoms with E-state index in [4.69, 9.17) is 21.3 Å². The summed E-state index contributed by atoms with van der Waals surface area (Å²) in [7, 11) is -0.241. The van der Waals surface area contributed by atoms with Crippen LogP contribution in [0.15, 0.2) is 53.7 Å². The van der Waals surface area contributed by atoms with Crippen molar-refractivity contribution < 1.29 is 13.2 Å². The van der Waals surface area contributed by atoms with Crippen LogP contribution in [0.4, 0.5) is 11.6 Å². The van der Waals surface area contributed by atoms with Crippen LogP contribution in [0.25, 0.3) is 11.3 Å². The van der Waals surface area contributed by atoms with Gasteiger partial charge in [0.25, 0.3) is 10.0 Å². The van der Waals surface area contributed by atoms with Gasteiger partial charge in [-0.3, -0.25) is 4.68 Å². The molecule has 1 saturated heterocycles. The highest BCUT2D eigenvalue weighted by Crippen LogP contribution is 2.39. The van der Waals surface area contributed by atoms with Crippen molar-refractivity contribution in [1.82, 2.24) is 24.6 Å². The summed E-state index contributed by atoms with van der Waals surface area (Å²) >= 11 is 6.74. The van der Waals surface area contributed by atoms with Crippen LogP contribution in [0.2, 0.25) is 5.02 Å². The third-order valence-corrected chi connectivity index (χ3v) is 9.47. The lowest BCUT2D eigenvalue weighted by Gasteiger charge is -2.34. The number of anilines is 2. The average Bonchev–Trinajstić information content (AvgIpc) is 3.43. The third-order valence-electron chi connectivity index (χ3n) is 7.80. The maximum absolute atomic E-state index is 13.3. The van der Waals surface area contributed by atoms with Crippen molar-refractivity contribution in [2.24, 2.45) is 13.0 Å². The average molecular weight is 638 g/mol. The van der Waals surface area contributed by atoms with Crippen molar-refractivity contribution in [2.45, 2.75) is 45.4 Å². The molecule has 1 aliphatic rings. The fourth-order valence-electron chi connectivity index (χ4n) is 5.32. The van der Waals surface area contributed by atoms with E-state index in [0.717, 1.165) is 60.5 Å². The number of nitrogens with zero attached hydrogens (tertiary/aromatic N) is 6. The lowest BCUT2D eigenvalue weighted by molar-refractivity contribution is 0.312. The quantitative estimate of drug-likeness (QED) is 0.228. The molecule has 1 aliphatic heterocycles. The molecule has 0 saturated carbocycles. The van der Waals surface area contributed by atoms with Gasteiger partial charge in [0.15, 0.2) is 0 Å². The topological polar surface area (TPSA) is 105 Å². The molecular weight excluding hydrogens is 598 g/mol. The summed E-state index contributed by atoms with van der Waals surface area (Å²) in [6.45, 7) is 11.9. The Morgan fingerprint density at radius 3 is 2.45 bits per heavy atom. The Kier molecular flexibility index (Phi) is 9.48. The Balaban J connectivity index is 1.64. The van der Waals surface area contributed by atoms with Crippen molar-refractivity contribution in [3.05, 3.63) is 70.5 Å². The number of piperazine rings is 1. The molecular formula is C32H40ClN7O3S.